The van der Waals surface area contributed by atoms with Crippen molar-refractivity contribution in [2.45, 2.75) is 0 Å². The van der Waals surface area contributed by atoms with Gasteiger partial charge in [-0.1, -0.05) is 18.2 Å². The Kier molecular flexibility index (Phi) is 6.35. The monoisotopic (exact) mass is 456 g/mol. The predicted octanol–water partition coefficient (Wildman–Crippen LogP) is 4.49. The van der Waals surface area contributed by atoms with Crippen LogP contribution in [0.1, 0.15) is 15.9 Å². The third kappa shape index (κ3) is 4.94. The standard InChI is InChI=1S/C25H20N4O5/c1-34-20-11-12-22-21(14-20)17(15-26-22)13-23(28-24(30)16-5-3-2-4-6-16)25(31)27-18-7-9-19(10-8-18)29(32)33/h2-15,26H,1H3,(H,27,31)(H,28,30)/b23-13+. The maximum atomic E-state index is 13.1. The molecule has 34 heavy (non-hydrogen) atoms. The molecule has 0 aliphatic carbocycles. The van der Waals surface area contributed by atoms with Crippen molar-refractivity contribution in [1.29, 1.82) is 0 Å². The van der Waals surface area contributed by atoms with Crippen LogP contribution in [0.25, 0.3) is 17.0 Å². The molecule has 170 valence electrons. The summed E-state index contributed by atoms with van der Waals surface area (Å²) in [6.07, 6.45) is 3.28. The summed E-state index contributed by atoms with van der Waals surface area (Å²) in [6.45, 7) is 0. The molecule has 0 spiro atoms. The molecule has 1 heterocycles. The van der Waals surface area contributed by atoms with Gasteiger partial charge < -0.3 is 20.4 Å². The van der Waals surface area contributed by atoms with Crippen LogP contribution in [0.5, 0.6) is 5.75 Å². The molecule has 0 saturated carbocycles. The molecule has 0 saturated heterocycles. The third-order valence-corrected chi connectivity index (χ3v) is 5.09. The zero-order chi connectivity index (χ0) is 24.1. The van der Waals surface area contributed by atoms with Crippen molar-refractivity contribution in [1.82, 2.24) is 10.3 Å². The number of hydrogen-bond acceptors (Lipinski definition) is 5. The lowest BCUT2D eigenvalue weighted by atomic mass is 10.1. The van der Waals surface area contributed by atoms with Gasteiger partial charge >= 0.3 is 0 Å². The topological polar surface area (TPSA) is 126 Å². The SMILES string of the molecule is COc1ccc2[nH]cc(/C=C(/NC(=O)c3ccccc3)C(=O)Nc3ccc([N+](=O)[O-])cc3)c2c1. The molecular formula is C25H20N4O5. The van der Waals surface area contributed by atoms with Gasteiger partial charge in [0.25, 0.3) is 17.5 Å². The Bertz CT molecular complexity index is 1390. The number of aromatic nitrogens is 1. The number of aromatic amines is 1. The molecule has 9 heteroatoms. The minimum absolute atomic E-state index is 0.00377. The first-order valence-electron chi connectivity index (χ1n) is 10.2. The lowest BCUT2D eigenvalue weighted by Crippen LogP contribution is -2.30. The predicted molar refractivity (Wildman–Crippen MR) is 128 cm³/mol. The summed E-state index contributed by atoms with van der Waals surface area (Å²) in [4.78, 5) is 39.4. The molecular weight excluding hydrogens is 436 g/mol. The van der Waals surface area contributed by atoms with Crippen LogP contribution in [-0.4, -0.2) is 28.8 Å². The fourth-order valence-electron chi connectivity index (χ4n) is 3.33. The Hall–Kier alpha value is -4.92. The zero-order valence-corrected chi connectivity index (χ0v) is 18.1. The highest BCUT2D eigenvalue weighted by molar-refractivity contribution is 6.11. The smallest absolute Gasteiger partial charge is 0.272 e. The fourth-order valence-corrected chi connectivity index (χ4v) is 3.33. The summed E-state index contributed by atoms with van der Waals surface area (Å²) in [6, 6.07) is 19.4. The number of fused-ring (bicyclic) bond motifs is 1. The van der Waals surface area contributed by atoms with E-state index in [1.165, 1.54) is 24.3 Å². The Morgan fingerprint density at radius 2 is 1.76 bits per heavy atom. The van der Waals surface area contributed by atoms with Gasteiger partial charge in [0.1, 0.15) is 11.4 Å². The maximum Gasteiger partial charge on any atom is 0.272 e. The van der Waals surface area contributed by atoms with Crippen molar-refractivity contribution < 1.29 is 19.2 Å². The average Bonchev–Trinajstić information content (AvgIpc) is 3.26. The lowest BCUT2D eigenvalue weighted by Gasteiger charge is -2.11. The first-order valence-corrected chi connectivity index (χ1v) is 10.2. The van der Waals surface area contributed by atoms with Gasteiger partial charge in [-0.25, -0.2) is 0 Å². The number of amides is 2. The molecule has 9 nitrogen and oxygen atoms in total. The van der Waals surface area contributed by atoms with Crippen LogP contribution in [0.2, 0.25) is 0 Å². The van der Waals surface area contributed by atoms with Crippen LogP contribution in [0, 0.1) is 10.1 Å². The van der Waals surface area contributed by atoms with Crippen molar-refractivity contribution in [2.24, 2.45) is 0 Å². The van der Waals surface area contributed by atoms with E-state index in [1.54, 1.807) is 49.7 Å². The maximum absolute atomic E-state index is 13.1. The van der Waals surface area contributed by atoms with Crippen LogP contribution < -0.4 is 15.4 Å². The van der Waals surface area contributed by atoms with Crippen LogP contribution in [-0.2, 0) is 4.79 Å². The molecule has 0 aliphatic heterocycles. The van der Waals surface area contributed by atoms with E-state index in [9.17, 15) is 19.7 Å². The quantitative estimate of drug-likeness (QED) is 0.214. The number of methoxy groups -OCH3 is 1. The van der Waals surface area contributed by atoms with E-state index in [0.717, 1.165) is 10.9 Å². The van der Waals surface area contributed by atoms with Gasteiger partial charge in [-0.05, 0) is 48.5 Å². The van der Waals surface area contributed by atoms with E-state index in [-0.39, 0.29) is 11.4 Å². The second-order valence-corrected chi connectivity index (χ2v) is 7.29. The number of nitro groups is 1. The lowest BCUT2D eigenvalue weighted by molar-refractivity contribution is -0.384. The van der Waals surface area contributed by atoms with Crippen LogP contribution in [0.3, 0.4) is 0 Å². The second kappa shape index (κ2) is 9.70. The molecule has 0 fully saturated rings. The van der Waals surface area contributed by atoms with Crippen molar-refractivity contribution in [3.8, 4) is 5.75 Å². The Morgan fingerprint density at radius 3 is 2.44 bits per heavy atom. The highest BCUT2D eigenvalue weighted by Gasteiger charge is 2.17. The van der Waals surface area contributed by atoms with E-state index in [1.807, 2.05) is 18.2 Å². The zero-order valence-electron chi connectivity index (χ0n) is 18.1. The number of ether oxygens (including phenoxy) is 1. The Labute approximate surface area is 194 Å². The number of nitrogens with one attached hydrogen (secondary N) is 3. The van der Waals surface area contributed by atoms with Crippen LogP contribution in [0.15, 0.2) is 84.7 Å². The van der Waals surface area contributed by atoms with Crippen LogP contribution in [0.4, 0.5) is 11.4 Å². The van der Waals surface area contributed by atoms with Gasteiger partial charge in [-0.15, -0.1) is 0 Å². The first kappa shape index (κ1) is 22.3. The number of nitro benzene ring substituents is 1. The average molecular weight is 456 g/mol. The number of rotatable bonds is 7. The van der Waals surface area contributed by atoms with Gasteiger partial charge in [0.05, 0.1) is 12.0 Å². The number of hydrogen-bond donors (Lipinski definition) is 3. The molecule has 3 N–H and O–H groups in total. The highest BCUT2D eigenvalue weighted by atomic mass is 16.6. The summed E-state index contributed by atoms with van der Waals surface area (Å²) >= 11 is 0. The molecule has 4 rings (SSSR count). The molecule has 0 unspecified atom stereocenters. The number of H-pyrrole nitrogens is 1. The van der Waals surface area contributed by atoms with Crippen LogP contribution >= 0.6 is 0 Å². The summed E-state index contributed by atoms with van der Waals surface area (Å²) in [5, 5.41) is 17.0. The highest BCUT2D eigenvalue weighted by Crippen LogP contribution is 2.25. The molecule has 3 aromatic carbocycles. The molecule has 0 bridgehead atoms. The minimum atomic E-state index is -0.588. The first-order chi connectivity index (χ1) is 16.4. The van der Waals surface area contributed by atoms with Gasteiger partial charge in [0.2, 0.25) is 0 Å². The summed E-state index contributed by atoms with van der Waals surface area (Å²) in [7, 11) is 1.56. The van der Waals surface area contributed by atoms with Crippen molar-refractivity contribution in [3.63, 3.8) is 0 Å². The van der Waals surface area contributed by atoms with Gasteiger partial charge in [-0.2, -0.15) is 0 Å². The normalized spacial score (nSPS) is 11.1. The molecule has 1 aromatic heterocycles. The molecule has 0 aliphatic rings. The number of non-ortho nitro benzene ring substituents is 1. The second-order valence-electron chi connectivity index (χ2n) is 7.29. The van der Waals surface area contributed by atoms with E-state index in [4.69, 9.17) is 4.74 Å². The Morgan fingerprint density at radius 1 is 1.03 bits per heavy atom. The third-order valence-electron chi connectivity index (χ3n) is 5.09. The number of anilines is 1. The summed E-state index contributed by atoms with van der Waals surface area (Å²) in [5.41, 5.74) is 2.12. The van der Waals surface area contributed by atoms with E-state index in [2.05, 4.69) is 15.6 Å². The fraction of sp³-hybridized carbons (Fsp3) is 0.0400. The van der Waals surface area contributed by atoms with Crippen molar-refractivity contribution >= 4 is 40.2 Å². The summed E-state index contributed by atoms with van der Waals surface area (Å²) < 4.78 is 5.30. The van der Waals surface area contributed by atoms with Gasteiger partial charge in [0, 0.05) is 46.0 Å². The molecule has 2 amide bonds. The molecule has 0 atom stereocenters. The van der Waals surface area contributed by atoms with Gasteiger partial charge in [0.15, 0.2) is 0 Å². The minimum Gasteiger partial charge on any atom is -0.497 e. The van der Waals surface area contributed by atoms with Crippen molar-refractivity contribution in [3.05, 3.63) is 106 Å². The Balaban J connectivity index is 1.68. The molecule has 0 radical (unpaired) electrons. The number of carbonyl (C=O) groups is 2. The molecule has 4 aromatic rings. The van der Waals surface area contributed by atoms with Crippen molar-refractivity contribution in [2.75, 3.05) is 12.4 Å². The largest absolute Gasteiger partial charge is 0.497 e. The number of benzene rings is 3. The summed E-state index contributed by atoms with van der Waals surface area (Å²) in [5.74, 6) is -0.398. The number of carbonyl (C=O) groups excluding carboxylic acids is 2. The van der Waals surface area contributed by atoms with E-state index in [0.29, 0.717) is 22.6 Å². The number of nitrogens with zero attached hydrogens (tertiary/aromatic N) is 1. The van der Waals surface area contributed by atoms with Gasteiger partial charge in [-0.3, -0.25) is 19.7 Å². The van der Waals surface area contributed by atoms with E-state index >= 15 is 0 Å². The van der Waals surface area contributed by atoms with E-state index < -0.39 is 16.7 Å².